The van der Waals surface area contributed by atoms with Gasteiger partial charge in [0.15, 0.2) is 0 Å². The molecule has 22 heavy (non-hydrogen) atoms. The standard InChI is InChI=1S/C16H25N3O2S/c1-11(2)14-15(17-10-22-14)18-16(20)19-8-6-13(7-9-19)21-12-4-3-5-12/h10-13H,3-9H2,1-2H3,(H,18,20). The Balaban J connectivity index is 1.48. The lowest BCUT2D eigenvalue weighted by Gasteiger charge is -2.36. The number of aromatic nitrogens is 1. The molecule has 0 atom stereocenters. The van der Waals surface area contributed by atoms with E-state index in [2.05, 4.69) is 24.1 Å². The van der Waals surface area contributed by atoms with Crippen LogP contribution in [0.2, 0.25) is 0 Å². The fourth-order valence-corrected chi connectivity index (χ4v) is 3.67. The molecule has 0 unspecified atom stereocenters. The lowest BCUT2D eigenvalue weighted by atomic mass is 9.95. The minimum absolute atomic E-state index is 0.0325. The van der Waals surface area contributed by atoms with E-state index < -0.39 is 0 Å². The summed E-state index contributed by atoms with van der Waals surface area (Å²) < 4.78 is 6.04. The van der Waals surface area contributed by atoms with E-state index >= 15 is 0 Å². The highest BCUT2D eigenvalue weighted by Crippen LogP contribution is 2.28. The molecule has 1 saturated heterocycles. The van der Waals surface area contributed by atoms with Crippen LogP contribution in [0.15, 0.2) is 5.51 Å². The fourth-order valence-electron chi connectivity index (χ4n) is 2.91. The molecule has 2 heterocycles. The van der Waals surface area contributed by atoms with E-state index in [9.17, 15) is 4.79 Å². The minimum atomic E-state index is -0.0325. The van der Waals surface area contributed by atoms with Crippen molar-refractivity contribution in [3.8, 4) is 0 Å². The third-order valence-electron chi connectivity index (χ3n) is 4.51. The van der Waals surface area contributed by atoms with Crippen LogP contribution in [0.3, 0.4) is 0 Å². The first-order valence-electron chi connectivity index (χ1n) is 8.28. The molecule has 2 aliphatic rings. The summed E-state index contributed by atoms with van der Waals surface area (Å²) in [5.41, 5.74) is 1.80. The smallest absolute Gasteiger partial charge is 0.323 e. The minimum Gasteiger partial charge on any atom is -0.375 e. The number of nitrogens with one attached hydrogen (secondary N) is 1. The second-order valence-electron chi connectivity index (χ2n) is 6.53. The Morgan fingerprint density at radius 1 is 1.32 bits per heavy atom. The van der Waals surface area contributed by atoms with Crippen LogP contribution < -0.4 is 5.32 Å². The van der Waals surface area contributed by atoms with Gasteiger partial charge in [0.2, 0.25) is 0 Å². The zero-order valence-electron chi connectivity index (χ0n) is 13.4. The number of carbonyl (C=O) groups is 1. The summed E-state index contributed by atoms with van der Waals surface area (Å²) in [6.07, 6.45) is 6.42. The first-order chi connectivity index (χ1) is 10.6. The number of thiazole rings is 1. The molecule has 0 radical (unpaired) electrons. The number of hydrogen-bond donors (Lipinski definition) is 1. The normalized spacial score (nSPS) is 20.2. The van der Waals surface area contributed by atoms with Crippen molar-refractivity contribution in [3.05, 3.63) is 10.4 Å². The van der Waals surface area contributed by atoms with Crippen LogP contribution in [0, 0.1) is 0 Å². The highest BCUT2D eigenvalue weighted by Gasteiger charge is 2.28. The van der Waals surface area contributed by atoms with Gasteiger partial charge in [0.05, 0.1) is 22.6 Å². The molecule has 2 fully saturated rings. The molecule has 1 N–H and O–H groups in total. The summed E-state index contributed by atoms with van der Waals surface area (Å²) in [5, 5.41) is 2.97. The van der Waals surface area contributed by atoms with Gasteiger partial charge in [-0.1, -0.05) is 13.8 Å². The molecule has 122 valence electrons. The molecule has 1 aliphatic carbocycles. The van der Waals surface area contributed by atoms with Crippen LogP contribution >= 0.6 is 11.3 Å². The Morgan fingerprint density at radius 3 is 2.59 bits per heavy atom. The number of carbonyl (C=O) groups excluding carboxylic acids is 1. The first-order valence-corrected chi connectivity index (χ1v) is 9.16. The van der Waals surface area contributed by atoms with E-state index in [0.29, 0.717) is 18.1 Å². The summed E-state index contributed by atoms with van der Waals surface area (Å²) in [7, 11) is 0. The molecule has 0 spiro atoms. The van der Waals surface area contributed by atoms with Crippen molar-refractivity contribution >= 4 is 23.2 Å². The summed E-state index contributed by atoms with van der Waals surface area (Å²) in [4.78, 5) is 19.7. The summed E-state index contributed by atoms with van der Waals surface area (Å²) in [5.74, 6) is 1.10. The van der Waals surface area contributed by atoms with Crippen molar-refractivity contribution in [1.82, 2.24) is 9.88 Å². The summed E-state index contributed by atoms with van der Waals surface area (Å²) in [6.45, 7) is 5.77. The van der Waals surface area contributed by atoms with Crippen molar-refractivity contribution in [2.24, 2.45) is 0 Å². The predicted molar refractivity (Wildman–Crippen MR) is 88.5 cm³/mol. The lowest BCUT2D eigenvalue weighted by molar-refractivity contribution is -0.0694. The van der Waals surface area contributed by atoms with E-state index in [1.807, 2.05) is 4.90 Å². The Hall–Kier alpha value is -1.14. The molecule has 0 aromatic carbocycles. The highest BCUT2D eigenvalue weighted by atomic mass is 32.1. The number of hydrogen-bond acceptors (Lipinski definition) is 4. The van der Waals surface area contributed by atoms with Crippen LogP contribution in [-0.4, -0.2) is 41.2 Å². The Kier molecular flexibility index (Phi) is 4.98. The SMILES string of the molecule is CC(C)c1scnc1NC(=O)N1CCC(OC2CCC2)CC1. The van der Waals surface area contributed by atoms with Gasteiger partial charge in [0.1, 0.15) is 5.82 Å². The Morgan fingerprint density at radius 2 is 2.00 bits per heavy atom. The van der Waals surface area contributed by atoms with Crippen molar-refractivity contribution in [3.63, 3.8) is 0 Å². The zero-order valence-corrected chi connectivity index (χ0v) is 14.2. The van der Waals surface area contributed by atoms with Gasteiger partial charge in [-0.25, -0.2) is 9.78 Å². The Labute approximate surface area is 136 Å². The summed E-state index contributed by atoms with van der Waals surface area (Å²) in [6, 6.07) is -0.0325. The van der Waals surface area contributed by atoms with Gasteiger partial charge in [-0.2, -0.15) is 0 Å². The molecule has 1 aliphatic heterocycles. The number of urea groups is 1. The second-order valence-corrected chi connectivity index (χ2v) is 7.41. The number of ether oxygens (including phenoxy) is 1. The monoisotopic (exact) mass is 323 g/mol. The van der Waals surface area contributed by atoms with Crippen molar-refractivity contribution in [2.75, 3.05) is 18.4 Å². The lowest BCUT2D eigenvalue weighted by Crippen LogP contribution is -2.44. The quantitative estimate of drug-likeness (QED) is 0.916. The number of anilines is 1. The van der Waals surface area contributed by atoms with Gasteiger partial charge in [-0.15, -0.1) is 11.3 Å². The van der Waals surface area contributed by atoms with Crippen LogP contribution in [0.1, 0.15) is 56.7 Å². The molecule has 1 aromatic heterocycles. The van der Waals surface area contributed by atoms with Crippen LogP contribution in [0.5, 0.6) is 0 Å². The van der Waals surface area contributed by atoms with Gasteiger partial charge in [0, 0.05) is 13.1 Å². The fraction of sp³-hybridized carbons (Fsp3) is 0.750. The third kappa shape index (κ3) is 3.60. The first kappa shape index (κ1) is 15.7. The van der Waals surface area contributed by atoms with Crippen molar-refractivity contribution < 1.29 is 9.53 Å². The molecular weight excluding hydrogens is 298 g/mol. The second kappa shape index (κ2) is 6.96. The molecule has 6 heteroatoms. The van der Waals surface area contributed by atoms with Gasteiger partial charge in [-0.3, -0.25) is 5.32 Å². The van der Waals surface area contributed by atoms with Crippen LogP contribution in [0.4, 0.5) is 10.6 Å². The third-order valence-corrected chi connectivity index (χ3v) is 5.64. The van der Waals surface area contributed by atoms with E-state index in [4.69, 9.17) is 4.74 Å². The molecular formula is C16H25N3O2S. The van der Waals surface area contributed by atoms with Crippen molar-refractivity contribution in [1.29, 1.82) is 0 Å². The maximum Gasteiger partial charge on any atom is 0.323 e. The van der Waals surface area contributed by atoms with E-state index in [0.717, 1.165) is 36.6 Å². The average molecular weight is 323 g/mol. The van der Waals surface area contributed by atoms with E-state index in [-0.39, 0.29) is 6.03 Å². The largest absolute Gasteiger partial charge is 0.375 e. The van der Waals surface area contributed by atoms with E-state index in [1.165, 1.54) is 19.3 Å². The van der Waals surface area contributed by atoms with Crippen LogP contribution in [0.25, 0.3) is 0 Å². The van der Waals surface area contributed by atoms with E-state index in [1.54, 1.807) is 16.8 Å². The number of piperidine rings is 1. The molecule has 5 nitrogen and oxygen atoms in total. The van der Waals surface area contributed by atoms with Crippen LogP contribution in [-0.2, 0) is 4.74 Å². The molecule has 1 aromatic rings. The summed E-state index contributed by atoms with van der Waals surface area (Å²) >= 11 is 1.60. The molecule has 1 saturated carbocycles. The average Bonchev–Trinajstić information content (AvgIpc) is 2.92. The molecule has 0 bridgehead atoms. The zero-order chi connectivity index (χ0) is 15.5. The molecule has 3 rings (SSSR count). The van der Waals surface area contributed by atoms with Gasteiger partial charge in [-0.05, 0) is 38.0 Å². The number of rotatable bonds is 4. The topological polar surface area (TPSA) is 54.5 Å². The Bertz CT molecular complexity index is 505. The number of likely N-dealkylation sites (tertiary alicyclic amines) is 1. The van der Waals surface area contributed by atoms with Gasteiger partial charge < -0.3 is 9.64 Å². The maximum absolute atomic E-state index is 12.4. The van der Waals surface area contributed by atoms with Gasteiger partial charge >= 0.3 is 6.03 Å². The predicted octanol–water partition coefficient (Wildman–Crippen LogP) is 3.83. The molecule has 2 amide bonds. The number of amides is 2. The number of nitrogens with zero attached hydrogens (tertiary/aromatic N) is 2. The van der Waals surface area contributed by atoms with Crippen molar-refractivity contribution in [2.45, 2.75) is 64.1 Å². The van der Waals surface area contributed by atoms with Gasteiger partial charge in [0.25, 0.3) is 0 Å². The highest BCUT2D eigenvalue weighted by molar-refractivity contribution is 7.10. The maximum atomic E-state index is 12.4.